The van der Waals surface area contributed by atoms with Gasteiger partial charge in [0.15, 0.2) is 5.13 Å². The number of amides is 1. The standard InChI is InChI=1S/C19H19FN4O3S/c1-22(2)9-4-10-23(18(25)13-5-3-6-15(11-13)24(26)27)19-21-16-8-7-14(20)12-17(16)28-19/h3,5-8,11-12H,4,9-10H2,1-2H3/p+1. The van der Waals surface area contributed by atoms with Gasteiger partial charge >= 0.3 is 0 Å². The van der Waals surface area contributed by atoms with E-state index in [0.29, 0.717) is 21.9 Å². The quantitative estimate of drug-likeness (QED) is 0.486. The van der Waals surface area contributed by atoms with Crippen LogP contribution in [0, 0.1) is 15.9 Å². The van der Waals surface area contributed by atoms with E-state index in [2.05, 4.69) is 4.98 Å². The number of rotatable bonds is 7. The van der Waals surface area contributed by atoms with E-state index in [0.717, 1.165) is 13.0 Å². The number of anilines is 1. The summed E-state index contributed by atoms with van der Waals surface area (Å²) < 4.78 is 14.2. The molecule has 0 aliphatic heterocycles. The van der Waals surface area contributed by atoms with Crippen molar-refractivity contribution in [3.8, 4) is 0 Å². The highest BCUT2D eigenvalue weighted by atomic mass is 32.1. The number of nitrogens with one attached hydrogen (secondary N) is 1. The van der Waals surface area contributed by atoms with Gasteiger partial charge in [0.2, 0.25) is 0 Å². The minimum Gasteiger partial charge on any atom is -0.340 e. The highest BCUT2D eigenvalue weighted by Gasteiger charge is 2.23. The van der Waals surface area contributed by atoms with Crippen LogP contribution in [0.1, 0.15) is 16.8 Å². The van der Waals surface area contributed by atoms with Crippen molar-refractivity contribution in [1.82, 2.24) is 4.98 Å². The maximum atomic E-state index is 13.5. The van der Waals surface area contributed by atoms with E-state index in [1.165, 1.54) is 51.5 Å². The van der Waals surface area contributed by atoms with Crippen LogP contribution in [0.3, 0.4) is 0 Å². The van der Waals surface area contributed by atoms with Crippen molar-refractivity contribution in [3.05, 3.63) is 64.0 Å². The molecule has 7 nitrogen and oxygen atoms in total. The van der Waals surface area contributed by atoms with Crippen molar-refractivity contribution in [2.45, 2.75) is 6.42 Å². The van der Waals surface area contributed by atoms with Crippen LogP contribution in [0.2, 0.25) is 0 Å². The number of halogens is 1. The first-order valence-corrected chi connectivity index (χ1v) is 9.58. The fraction of sp³-hybridized carbons (Fsp3) is 0.263. The number of benzene rings is 2. The van der Waals surface area contributed by atoms with Crippen molar-refractivity contribution < 1.29 is 19.0 Å². The highest BCUT2D eigenvalue weighted by molar-refractivity contribution is 7.22. The predicted octanol–water partition coefficient (Wildman–Crippen LogP) is 2.53. The fourth-order valence-electron chi connectivity index (χ4n) is 2.78. The smallest absolute Gasteiger partial charge is 0.270 e. The Balaban J connectivity index is 1.96. The zero-order chi connectivity index (χ0) is 20.3. The summed E-state index contributed by atoms with van der Waals surface area (Å²) in [6.45, 7) is 1.26. The largest absolute Gasteiger partial charge is 0.340 e. The van der Waals surface area contributed by atoms with E-state index < -0.39 is 4.92 Å². The molecule has 0 saturated carbocycles. The lowest BCUT2D eigenvalue weighted by molar-refractivity contribution is -0.858. The van der Waals surface area contributed by atoms with Crippen molar-refractivity contribution in [2.75, 3.05) is 32.1 Å². The summed E-state index contributed by atoms with van der Waals surface area (Å²) in [7, 11) is 4.04. The lowest BCUT2D eigenvalue weighted by Crippen LogP contribution is -3.05. The number of aromatic nitrogens is 1. The zero-order valence-electron chi connectivity index (χ0n) is 15.5. The molecule has 28 heavy (non-hydrogen) atoms. The summed E-state index contributed by atoms with van der Waals surface area (Å²) in [5, 5.41) is 11.5. The first-order chi connectivity index (χ1) is 13.3. The van der Waals surface area contributed by atoms with Gasteiger partial charge in [-0.25, -0.2) is 9.37 Å². The SMILES string of the molecule is C[NH+](C)CCCN(C(=O)c1cccc([N+](=O)[O-])c1)c1nc2ccc(F)cc2s1. The minimum atomic E-state index is -0.531. The molecule has 146 valence electrons. The Labute approximate surface area is 165 Å². The van der Waals surface area contributed by atoms with Crippen LogP contribution >= 0.6 is 11.3 Å². The number of nitrogens with zero attached hydrogens (tertiary/aromatic N) is 3. The van der Waals surface area contributed by atoms with E-state index in [1.807, 2.05) is 14.1 Å². The number of nitro benzene ring substituents is 1. The average Bonchev–Trinajstić information content (AvgIpc) is 3.07. The fourth-order valence-corrected chi connectivity index (χ4v) is 3.80. The Bertz CT molecular complexity index is 1020. The second-order valence-corrected chi connectivity index (χ2v) is 7.69. The number of quaternary nitrogens is 1. The molecule has 0 radical (unpaired) electrons. The minimum absolute atomic E-state index is 0.144. The topological polar surface area (TPSA) is 80.8 Å². The number of thiazole rings is 1. The number of hydrogen-bond donors (Lipinski definition) is 1. The van der Waals surface area contributed by atoms with Gasteiger partial charge in [-0.1, -0.05) is 17.4 Å². The number of carbonyl (C=O) groups is 1. The van der Waals surface area contributed by atoms with E-state index in [9.17, 15) is 19.3 Å². The molecule has 0 aliphatic rings. The molecule has 0 unspecified atom stereocenters. The van der Waals surface area contributed by atoms with Crippen LogP contribution in [0.15, 0.2) is 42.5 Å². The van der Waals surface area contributed by atoms with Crippen LogP contribution < -0.4 is 9.80 Å². The summed E-state index contributed by atoms with van der Waals surface area (Å²) in [5.41, 5.74) is 0.684. The van der Waals surface area contributed by atoms with Gasteiger partial charge in [-0.15, -0.1) is 0 Å². The lowest BCUT2D eigenvalue weighted by atomic mass is 10.1. The molecule has 2 aromatic carbocycles. The predicted molar refractivity (Wildman–Crippen MR) is 107 cm³/mol. The molecule has 1 heterocycles. The number of non-ortho nitro benzene ring substituents is 1. The molecule has 0 saturated heterocycles. The van der Waals surface area contributed by atoms with Gasteiger partial charge in [-0.05, 0) is 24.3 Å². The van der Waals surface area contributed by atoms with Crippen LogP contribution in [0.5, 0.6) is 0 Å². The average molecular weight is 403 g/mol. The molecule has 1 amide bonds. The molecule has 0 atom stereocenters. The Kier molecular flexibility index (Phi) is 5.96. The second kappa shape index (κ2) is 8.41. The van der Waals surface area contributed by atoms with Crippen LogP contribution in [0.4, 0.5) is 15.2 Å². The summed E-state index contributed by atoms with van der Waals surface area (Å²) in [6.07, 6.45) is 0.729. The lowest BCUT2D eigenvalue weighted by Gasteiger charge is -2.20. The van der Waals surface area contributed by atoms with Crippen molar-refractivity contribution in [1.29, 1.82) is 0 Å². The molecule has 9 heteroatoms. The molecule has 3 rings (SSSR count). The summed E-state index contributed by atoms with van der Waals surface area (Å²) in [5.74, 6) is -0.729. The molecule has 0 bridgehead atoms. The third-order valence-electron chi connectivity index (χ3n) is 4.18. The van der Waals surface area contributed by atoms with Gasteiger partial charge in [-0.2, -0.15) is 0 Å². The third kappa shape index (κ3) is 4.49. The van der Waals surface area contributed by atoms with Crippen LogP contribution in [-0.4, -0.2) is 43.0 Å². The summed E-state index contributed by atoms with van der Waals surface area (Å²) in [4.78, 5) is 30.9. The Morgan fingerprint density at radius 1 is 1.29 bits per heavy atom. The van der Waals surface area contributed by atoms with Gasteiger partial charge in [0.25, 0.3) is 11.6 Å². The highest BCUT2D eigenvalue weighted by Crippen LogP contribution is 2.30. The van der Waals surface area contributed by atoms with Crippen molar-refractivity contribution in [2.24, 2.45) is 0 Å². The van der Waals surface area contributed by atoms with Gasteiger partial charge in [0, 0.05) is 30.7 Å². The molecule has 0 aliphatic carbocycles. The summed E-state index contributed by atoms with van der Waals surface area (Å²) in [6, 6.07) is 9.93. The molecule has 3 aromatic rings. The Hall–Kier alpha value is -2.91. The molecular formula is C19H20FN4O3S+. The van der Waals surface area contributed by atoms with Gasteiger partial charge < -0.3 is 4.90 Å². The van der Waals surface area contributed by atoms with Crippen molar-refractivity contribution in [3.63, 3.8) is 0 Å². The molecule has 1 aromatic heterocycles. The molecule has 0 spiro atoms. The van der Waals surface area contributed by atoms with Crippen molar-refractivity contribution >= 4 is 38.3 Å². The number of hydrogen-bond acceptors (Lipinski definition) is 5. The van der Waals surface area contributed by atoms with Gasteiger partial charge in [0.05, 0.1) is 35.8 Å². The number of nitro groups is 1. The van der Waals surface area contributed by atoms with Crippen LogP contribution in [0.25, 0.3) is 10.2 Å². The first-order valence-electron chi connectivity index (χ1n) is 8.76. The summed E-state index contributed by atoms with van der Waals surface area (Å²) >= 11 is 1.23. The Morgan fingerprint density at radius 2 is 2.07 bits per heavy atom. The molecular weight excluding hydrogens is 383 g/mol. The maximum absolute atomic E-state index is 13.5. The second-order valence-electron chi connectivity index (χ2n) is 6.68. The zero-order valence-corrected chi connectivity index (χ0v) is 16.3. The monoisotopic (exact) mass is 403 g/mol. The van der Waals surface area contributed by atoms with Gasteiger partial charge in [0.1, 0.15) is 5.82 Å². The van der Waals surface area contributed by atoms with E-state index in [4.69, 9.17) is 0 Å². The van der Waals surface area contributed by atoms with E-state index in [1.54, 1.807) is 12.1 Å². The number of carbonyl (C=O) groups excluding carboxylic acids is 1. The Morgan fingerprint density at radius 3 is 2.79 bits per heavy atom. The van der Waals surface area contributed by atoms with Gasteiger partial charge in [-0.3, -0.25) is 19.8 Å². The van der Waals surface area contributed by atoms with E-state index in [-0.39, 0.29) is 23.0 Å². The normalized spacial score (nSPS) is 11.1. The first kappa shape index (κ1) is 19.8. The maximum Gasteiger partial charge on any atom is 0.270 e. The molecule has 0 fully saturated rings. The van der Waals surface area contributed by atoms with Crippen LogP contribution in [-0.2, 0) is 0 Å². The van der Waals surface area contributed by atoms with E-state index >= 15 is 0 Å². The number of fused-ring (bicyclic) bond motifs is 1. The molecule has 1 N–H and O–H groups in total. The third-order valence-corrected chi connectivity index (χ3v) is 5.22.